The van der Waals surface area contributed by atoms with Gasteiger partial charge in [-0.3, -0.25) is 4.90 Å². The molecule has 0 spiro atoms. The maximum atomic E-state index is 9.98. The Kier molecular flexibility index (Phi) is 5.01. The van der Waals surface area contributed by atoms with E-state index in [0.717, 1.165) is 18.5 Å². The van der Waals surface area contributed by atoms with Gasteiger partial charge in [-0.1, -0.05) is 24.6 Å². The Morgan fingerprint density at radius 3 is 2.41 bits per heavy atom. The minimum Gasteiger partial charge on any atom is -0.508 e. The molecule has 0 aliphatic rings. The van der Waals surface area contributed by atoms with Crippen molar-refractivity contribution in [1.82, 2.24) is 4.90 Å². The van der Waals surface area contributed by atoms with Crippen molar-refractivity contribution in [2.24, 2.45) is 0 Å². The van der Waals surface area contributed by atoms with E-state index in [4.69, 9.17) is 0 Å². The summed E-state index contributed by atoms with van der Waals surface area (Å²) in [6, 6.07) is 6.58. The molecule has 1 atom stereocenters. The Morgan fingerprint density at radius 2 is 1.88 bits per heavy atom. The van der Waals surface area contributed by atoms with Crippen molar-refractivity contribution in [3.63, 3.8) is 0 Å². The minimum absolute atomic E-state index is 0.259. The van der Waals surface area contributed by atoms with Crippen LogP contribution in [0.15, 0.2) is 18.2 Å². The summed E-state index contributed by atoms with van der Waals surface area (Å²) in [7, 11) is 0. The van der Waals surface area contributed by atoms with Crippen molar-refractivity contribution >= 4 is 0 Å². The lowest BCUT2D eigenvalue weighted by molar-refractivity contribution is 0.162. The van der Waals surface area contributed by atoms with E-state index in [0.29, 0.717) is 11.8 Å². The molecule has 96 valence electrons. The normalized spacial score (nSPS) is 13.4. The molecule has 2 nitrogen and oxygen atoms in total. The predicted octanol–water partition coefficient (Wildman–Crippen LogP) is 3.88. The van der Waals surface area contributed by atoms with Crippen molar-refractivity contribution < 1.29 is 5.11 Å². The van der Waals surface area contributed by atoms with Crippen molar-refractivity contribution in [2.45, 2.75) is 53.1 Å². The summed E-state index contributed by atoms with van der Waals surface area (Å²) in [5, 5.41) is 9.98. The number of nitrogens with zero attached hydrogens (tertiary/aromatic N) is 1. The van der Waals surface area contributed by atoms with E-state index in [2.05, 4.69) is 45.6 Å². The smallest absolute Gasteiger partial charge is 0.120 e. The van der Waals surface area contributed by atoms with Gasteiger partial charge in [0.1, 0.15) is 5.75 Å². The number of aromatic hydroxyl groups is 1. The molecule has 1 N–H and O–H groups in total. The molecule has 0 saturated carbocycles. The summed E-state index contributed by atoms with van der Waals surface area (Å²) in [6.07, 6.45) is 1.13. The number of phenolic OH excluding ortho intramolecular Hbond substituents is 1. The molecule has 0 amide bonds. The van der Waals surface area contributed by atoms with Crippen molar-refractivity contribution in [2.75, 3.05) is 6.54 Å². The topological polar surface area (TPSA) is 23.5 Å². The Balaban J connectivity index is 2.99. The van der Waals surface area contributed by atoms with Crippen LogP contribution in [-0.2, 0) is 0 Å². The molecule has 0 heterocycles. The van der Waals surface area contributed by atoms with Gasteiger partial charge < -0.3 is 5.11 Å². The van der Waals surface area contributed by atoms with Crippen LogP contribution in [0, 0.1) is 6.92 Å². The maximum absolute atomic E-state index is 9.98. The minimum atomic E-state index is 0.259. The molecule has 0 aliphatic heterocycles. The molecule has 0 bridgehead atoms. The van der Waals surface area contributed by atoms with Gasteiger partial charge in [-0.25, -0.2) is 0 Å². The largest absolute Gasteiger partial charge is 0.508 e. The maximum Gasteiger partial charge on any atom is 0.120 e. The van der Waals surface area contributed by atoms with Crippen LogP contribution in [0.25, 0.3) is 0 Å². The molecule has 2 heteroatoms. The van der Waals surface area contributed by atoms with Gasteiger partial charge >= 0.3 is 0 Å². The lowest BCUT2D eigenvalue weighted by atomic mass is 10.0. The Bertz CT molecular complexity index is 360. The fourth-order valence-electron chi connectivity index (χ4n) is 2.34. The summed E-state index contributed by atoms with van der Waals surface area (Å²) < 4.78 is 0. The van der Waals surface area contributed by atoms with Crippen LogP contribution in [0.4, 0.5) is 0 Å². The first-order chi connectivity index (χ1) is 7.97. The van der Waals surface area contributed by atoms with E-state index in [-0.39, 0.29) is 6.04 Å². The second kappa shape index (κ2) is 6.06. The van der Waals surface area contributed by atoms with Crippen molar-refractivity contribution in [3.8, 4) is 5.75 Å². The van der Waals surface area contributed by atoms with E-state index in [1.165, 1.54) is 5.56 Å². The molecule has 1 aromatic carbocycles. The summed E-state index contributed by atoms with van der Waals surface area (Å²) in [6.45, 7) is 11.9. The third-order valence-electron chi connectivity index (χ3n) is 3.28. The highest BCUT2D eigenvalue weighted by molar-refractivity contribution is 5.37. The third kappa shape index (κ3) is 3.47. The lowest BCUT2D eigenvalue weighted by Gasteiger charge is -2.33. The first-order valence-corrected chi connectivity index (χ1v) is 6.52. The van der Waals surface area contributed by atoms with Gasteiger partial charge in [-0.05, 0) is 46.7 Å². The van der Waals surface area contributed by atoms with Crippen molar-refractivity contribution in [3.05, 3.63) is 29.3 Å². The van der Waals surface area contributed by atoms with Crippen LogP contribution >= 0.6 is 0 Å². The van der Waals surface area contributed by atoms with Gasteiger partial charge in [-0.15, -0.1) is 0 Å². The van der Waals surface area contributed by atoms with E-state index in [9.17, 15) is 5.11 Å². The fraction of sp³-hybridized carbons (Fsp3) is 0.600. The molecule has 1 rings (SSSR count). The SMILES string of the molecule is CCCN(C(C)C)C(C)c1cc(C)ccc1O. The van der Waals surface area contributed by atoms with Crippen molar-refractivity contribution in [1.29, 1.82) is 0 Å². The number of hydrogen-bond donors (Lipinski definition) is 1. The van der Waals surface area contributed by atoms with E-state index in [1.54, 1.807) is 6.07 Å². The molecule has 1 aromatic rings. The Morgan fingerprint density at radius 1 is 1.24 bits per heavy atom. The Hall–Kier alpha value is -1.02. The molecular formula is C15H25NO. The molecule has 0 saturated heterocycles. The zero-order valence-electron chi connectivity index (χ0n) is 11.7. The van der Waals surface area contributed by atoms with Crippen LogP contribution in [0.1, 0.15) is 51.3 Å². The van der Waals surface area contributed by atoms with Crippen LogP contribution in [0.5, 0.6) is 5.75 Å². The third-order valence-corrected chi connectivity index (χ3v) is 3.28. The summed E-state index contributed by atoms with van der Waals surface area (Å²) >= 11 is 0. The molecule has 0 radical (unpaired) electrons. The van der Waals surface area contributed by atoms with Gasteiger partial charge in [0.25, 0.3) is 0 Å². The van der Waals surface area contributed by atoms with Crippen LogP contribution < -0.4 is 0 Å². The van der Waals surface area contributed by atoms with E-state index >= 15 is 0 Å². The fourth-order valence-corrected chi connectivity index (χ4v) is 2.34. The average Bonchev–Trinajstić information content (AvgIpc) is 2.28. The van der Waals surface area contributed by atoms with Gasteiger partial charge in [0, 0.05) is 17.6 Å². The zero-order valence-corrected chi connectivity index (χ0v) is 11.7. The van der Waals surface area contributed by atoms with E-state index in [1.807, 2.05) is 6.07 Å². The zero-order chi connectivity index (χ0) is 13.0. The van der Waals surface area contributed by atoms with E-state index < -0.39 is 0 Å². The van der Waals surface area contributed by atoms with Gasteiger partial charge in [-0.2, -0.15) is 0 Å². The van der Waals surface area contributed by atoms with Crippen LogP contribution in [0.3, 0.4) is 0 Å². The standard InChI is InChI=1S/C15H25NO/c1-6-9-16(11(2)3)13(5)14-10-12(4)7-8-15(14)17/h7-8,10-11,13,17H,6,9H2,1-5H3. The number of hydrogen-bond acceptors (Lipinski definition) is 2. The number of benzene rings is 1. The second-order valence-corrected chi connectivity index (χ2v) is 5.07. The number of phenols is 1. The van der Waals surface area contributed by atoms with Crippen LogP contribution in [0.2, 0.25) is 0 Å². The monoisotopic (exact) mass is 235 g/mol. The average molecular weight is 235 g/mol. The van der Waals surface area contributed by atoms with Gasteiger partial charge in [0.05, 0.1) is 0 Å². The summed E-state index contributed by atoms with van der Waals surface area (Å²) in [4.78, 5) is 2.43. The molecule has 17 heavy (non-hydrogen) atoms. The first-order valence-electron chi connectivity index (χ1n) is 6.52. The number of aryl methyl sites for hydroxylation is 1. The molecule has 1 unspecified atom stereocenters. The molecule has 0 fully saturated rings. The first kappa shape index (κ1) is 14.0. The highest BCUT2D eigenvalue weighted by Gasteiger charge is 2.20. The quantitative estimate of drug-likeness (QED) is 0.837. The Labute approximate surface area is 105 Å². The highest BCUT2D eigenvalue weighted by Crippen LogP contribution is 2.30. The van der Waals surface area contributed by atoms with Gasteiger partial charge in [0.2, 0.25) is 0 Å². The lowest BCUT2D eigenvalue weighted by Crippen LogP contribution is -2.34. The second-order valence-electron chi connectivity index (χ2n) is 5.07. The molecular weight excluding hydrogens is 210 g/mol. The van der Waals surface area contributed by atoms with Crippen LogP contribution in [-0.4, -0.2) is 22.6 Å². The molecule has 0 aromatic heterocycles. The number of rotatable bonds is 5. The van der Waals surface area contributed by atoms with Gasteiger partial charge in [0.15, 0.2) is 0 Å². The predicted molar refractivity (Wildman–Crippen MR) is 73.4 cm³/mol. The highest BCUT2D eigenvalue weighted by atomic mass is 16.3. The summed E-state index contributed by atoms with van der Waals surface area (Å²) in [5.41, 5.74) is 2.23. The summed E-state index contributed by atoms with van der Waals surface area (Å²) in [5.74, 6) is 0.407. The molecule has 0 aliphatic carbocycles.